The summed E-state index contributed by atoms with van der Waals surface area (Å²) in [4.78, 5) is 2.48. The molecule has 2 saturated heterocycles. The van der Waals surface area contributed by atoms with Crippen LogP contribution in [0.1, 0.15) is 38.2 Å². The second-order valence-corrected chi connectivity index (χ2v) is 6.38. The molecule has 1 aromatic carbocycles. The highest BCUT2D eigenvalue weighted by Crippen LogP contribution is 2.40. The van der Waals surface area contributed by atoms with E-state index in [2.05, 4.69) is 35.3 Å². The van der Waals surface area contributed by atoms with Crippen molar-refractivity contribution in [1.29, 1.82) is 0 Å². The van der Waals surface area contributed by atoms with Gasteiger partial charge in [0.1, 0.15) is 0 Å². The number of piperidine rings is 1. The molecule has 2 bridgehead atoms. The predicted octanol–water partition coefficient (Wildman–Crippen LogP) is 2.94. The molecule has 2 atom stereocenters. The minimum Gasteiger partial charge on any atom is -0.393 e. The standard InChI is InChI=1S/C16H23ClN2O/c1-2-18-10-11-3-4-14(9-16(11)17)19-12-5-6-13(19)8-15(20)7-12/h3-4,9,12-13,15,18,20H,2,5-8,10H2,1H3. The van der Waals surface area contributed by atoms with E-state index in [1.165, 1.54) is 18.5 Å². The van der Waals surface area contributed by atoms with Crippen LogP contribution < -0.4 is 10.2 Å². The smallest absolute Gasteiger partial charge is 0.0579 e. The van der Waals surface area contributed by atoms with Gasteiger partial charge >= 0.3 is 0 Å². The molecule has 0 radical (unpaired) electrons. The summed E-state index contributed by atoms with van der Waals surface area (Å²) in [5.74, 6) is 0. The summed E-state index contributed by atoms with van der Waals surface area (Å²) in [6, 6.07) is 7.38. The van der Waals surface area contributed by atoms with Crippen LogP contribution in [0, 0.1) is 0 Å². The molecule has 3 rings (SSSR count). The average molecular weight is 295 g/mol. The zero-order chi connectivity index (χ0) is 14.1. The van der Waals surface area contributed by atoms with Crippen molar-refractivity contribution < 1.29 is 5.11 Å². The summed E-state index contributed by atoms with van der Waals surface area (Å²) in [5.41, 5.74) is 2.37. The van der Waals surface area contributed by atoms with Gasteiger partial charge in [0.2, 0.25) is 0 Å². The van der Waals surface area contributed by atoms with Crippen molar-refractivity contribution in [2.45, 2.75) is 57.3 Å². The molecule has 0 aliphatic carbocycles. The number of rotatable bonds is 4. The predicted molar refractivity (Wildman–Crippen MR) is 83.4 cm³/mol. The van der Waals surface area contributed by atoms with Gasteiger partial charge in [0, 0.05) is 29.3 Å². The fourth-order valence-corrected chi connectivity index (χ4v) is 3.91. The Morgan fingerprint density at radius 2 is 2.00 bits per heavy atom. The normalized spacial score (nSPS) is 28.9. The Kier molecular flexibility index (Phi) is 4.20. The topological polar surface area (TPSA) is 35.5 Å². The third-order valence-corrected chi connectivity index (χ3v) is 4.96. The van der Waals surface area contributed by atoms with Crippen LogP contribution in [0.15, 0.2) is 18.2 Å². The van der Waals surface area contributed by atoms with Crippen LogP contribution in [0.3, 0.4) is 0 Å². The maximum Gasteiger partial charge on any atom is 0.0579 e. The van der Waals surface area contributed by atoms with Gasteiger partial charge in [0.15, 0.2) is 0 Å². The Morgan fingerprint density at radius 1 is 1.30 bits per heavy atom. The number of anilines is 1. The zero-order valence-electron chi connectivity index (χ0n) is 12.0. The molecule has 0 amide bonds. The van der Waals surface area contributed by atoms with Crippen LogP contribution in [-0.2, 0) is 6.54 Å². The highest BCUT2D eigenvalue weighted by molar-refractivity contribution is 6.31. The molecule has 0 spiro atoms. The van der Waals surface area contributed by atoms with Crippen LogP contribution >= 0.6 is 11.6 Å². The Bertz CT molecular complexity index is 466. The molecule has 0 saturated carbocycles. The molecule has 0 aromatic heterocycles. The van der Waals surface area contributed by atoms with Crippen LogP contribution in [-0.4, -0.2) is 29.8 Å². The molecule has 2 unspecified atom stereocenters. The fourth-order valence-electron chi connectivity index (χ4n) is 3.67. The Labute approximate surface area is 125 Å². The van der Waals surface area contributed by atoms with Gasteiger partial charge in [0.05, 0.1) is 6.10 Å². The van der Waals surface area contributed by atoms with E-state index < -0.39 is 0 Å². The van der Waals surface area contributed by atoms with Crippen molar-refractivity contribution in [3.8, 4) is 0 Å². The number of aliphatic hydroxyl groups excluding tert-OH is 1. The van der Waals surface area contributed by atoms with Gasteiger partial charge in [-0.05, 0) is 49.9 Å². The molecule has 110 valence electrons. The van der Waals surface area contributed by atoms with E-state index in [-0.39, 0.29) is 6.10 Å². The monoisotopic (exact) mass is 294 g/mol. The van der Waals surface area contributed by atoms with E-state index in [4.69, 9.17) is 11.6 Å². The van der Waals surface area contributed by atoms with E-state index >= 15 is 0 Å². The van der Waals surface area contributed by atoms with E-state index in [0.29, 0.717) is 12.1 Å². The lowest BCUT2D eigenvalue weighted by atomic mass is 9.99. The second-order valence-electron chi connectivity index (χ2n) is 5.97. The number of benzene rings is 1. The van der Waals surface area contributed by atoms with Gasteiger partial charge in [-0.2, -0.15) is 0 Å². The maximum absolute atomic E-state index is 9.89. The largest absolute Gasteiger partial charge is 0.393 e. The summed E-state index contributed by atoms with van der Waals surface area (Å²) in [7, 11) is 0. The van der Waals surface area contributed by atoms with Crippen LogP contribution in [0.4, 0.5) is 5.69 Å². The summed E-state index contributed by atoms with van der Waals surface area (Å²) < 4.78 is 0. The number of hydrogen-bond acceptors (Lipinski definition) is 3. The first-order chi connectivity index (χ1) is 9.69. The van der Waals surface area contributed by atoms with Crippen molar-refractivity contribution in [3.63, 3.8) is 0 Å². The molecule has 2 aliphatic heterocycles. The Balaban J connectivity index is 1.79. The molecule has 1 aromatic rings. The molecule has 2 N–H and O–H groups in total. The summed E-state index contributed by atoms with van der Waals surface area (Å²) in [6.45, 7) is 3.87. The first-order valence-electron chi connectivity index (χ1n) is 7.64. The third-order valence-electron chi connectivity index (χ3n) is 4.61. The van der Waals surface area contributed by atoms with Crippen LogP contribution in [0.2, 0.25) is 5.02 Å². The van der Waals surface area contributed by atoms with Crippen molar-refractivity contribution in [2.24, 2.45) is 0 Å². The number of hydrogen-bond donors (Lipinski definition) is 2. The first-order valence-corrected chi connectivity index (χ1v) is 8.02. The SMILES string of the molecule is CCNCc1ccc(N2C3CCC2CC(O)C3)cc1Cl. The molecule has 20 heavy (non-hydrogen) atoms. The average Bonchev–Trinajstić information content (AvgIpc) is 2.69. The first kappa shape index (κ1) is 14.2. The van der Waals surface area contributed by atoms with Gasteiger partial charge in [-0.25, -0.2) is 0 Å². The summed E-state index contributed by atoms with van der Waals surface area (Å²) >= 11 is 6.41. The third kappa shape index (κ3) is 2.67. The lowest BCUT2D eigenvalue weighted by Crippen LogP contribution is -2.44. The highest BCUT2D eigenvalue weighted by Gasteiger charge is 2.40. The molecular formula is C16H23ClN2O. The van der Waals surface area contributed by atoms with Gasteiger partial charge < -0.3 is 15.3 Å². The van der Waals surface area contributed by atoms with Crippen molar-refractivity contribution >= 4 is 17.3 Å². The minimum absolute atomic E-state index is 0.118. The van der Waals surface area contributed by atoms with E-state index in [1.54, 1.807) is 0 Å². The van der Waals surface area contributed by atoms with E-state index in [0.717, 1.165) is 36.5 Å². The zero-order valence-corrected chi connectivity index (χ0v) is 12.7. The van der Waals surface area contributed by atoms with Crippen molar-refractivity contribution in [3.05, 3.63) is 28.8 Å². The maximum atomic E-state index is 9.89. The van der Waals surface area contributed by atoms with Gasteiger partial charge in [-0.3, -0.25) is 0 Å². The summed E-state index contributed by atoms with van der Waals surface area (Å²) in [5, 5.41) is 14.0. The lowest BCUT2D eigenvalue weighted by molar-refractivity contribution is 0.126. The Hall–Kier alpha value is -0.770. The number of nitrogens with one attached hydrogen (secondary N) is 1. The summed E-state index contributed by atoms with van der Waals surface area (Å²) in [6.07, 6.45) is 4.06. The fraction of sp³-hybridized carbons (Fsp3) is 0.625. The number of fused-ring (bicyclic) bond motifs is 2. The van der Waals surface area contributed by atoms with Crippen molar-refractivity contribution in [2.75, 3.05) is 11.4 Å². The lowest BCUT2D eigenvalue weighted by Gasteiger charge is -2.39. The number of aliphatic hydroxyl groups is 1. The number of halogens is 1. The van der Waals surface area contributed by atoms with Crippen LogP contribution in [0.5, 0.6) is 0 Å². The molecule has 2 fully saturated rings. The van der Waals surface area contributed by atoms with Crippen molar-refractivity contribution in [1.82, 2.24) is 5.32 Å². The Morgan fingerprint density at radius 3 is 2.60 bits per heavy atom. The van der Waals surface area contributed by atoms with Gasteiger partial charge in [-0.15, -0.1) is 0 Å². The van der Waals surface area contributed by atoms with E-state index in [9.17, 15) is 5.11 Å². The molecular weight excluding hydrogens is 272 g/mol. The number of nitrogens with zero attached hydrogens (tertiary/aromatic N) is 1. The molecule has 3 nitrogen and oxygen atoms in total. The highest BCUT2D eigenvalue weighted by atomic mass is 35.5. The van der Waals surface area contributed by atoms with Gasteiger partial charge in [0.25, 0.3) is 0 Å². The van der Waals surface area contributed by atoms with E-state index in [1.807, 2.05) is 0 Å². The van der Waals surface area contributed by atoms with Crippen LogP contribution in [0.25, 0.3) is 0 Å². The molecule has 2 aliphatic rings. The molecule has 4 heteroatoms. The quantitative estimate of drug-likeness (QED) is 0.896. The molecule has 2 heterocycles. The second kappa shape index (κ2) is 5.92. The minimum atomic E-state index is -0.118. The van der Waals surface area contributed by atoms with Gasteiger partial charge in [-0.1, -0.05) is 24.6 Å².